The lowest BCUT2D eigenvalue weighted by molar-refractivity contribution is 0.0600. The summed E-state index contributed by atoms with van der Waals surface area (Å²) < 4.78 is 14.8. The van der Waals surface area contributed by atoms with Crippen LogP contribution in [0.2, 0.25) is 0 Å². The number of rotatable bonds is 3. The number of benzene rings is 1. The van der Waals surface area contributed by atoms with Crippen molar-refractivity contribution < 1.29 is 19.0 Å². The fourth-order valence-electron chi connectivity index (χ4n) is 1.05. The van der Waals surface area contributed by atoms with E-state index in [4.69, 9.17) is 9.47 Å². The van der Waals surface area contributed by atoms with Crippen LogP contribution in [0.3, 0.4) is 0 Å². The lowest BCUT2D eigenvalue weighted by Crippen LogP contribution is -2.02. The zero-order valence-electron chi connectivity index (χ0n) is 7.73. The maximum Gasteiger partial charge on any atom is 0.337 e. The molecule has 2 rings (SSSR count). The normalized spacial score (nSPS) is 18.8. The van der Waals surface area contributed by atoms with E-state index >= 15 is 0 Å². The highest BCUT2D eigenvalue weighted by Gasteiger charge is 2.24. The zero-order valence-corrected chi connectivity index (χ0v) is 7.73. The van der Waals surface area contributed by atoms with Crippen molar-refractivity contribution >= 4 is 5.97 Å². The van der Waals surface area contributed by atoms with Gasteiger partial charge in [0.2, 0.25) is 6.29 Å². The number of epoxide rings is 1. The Bertz CT molecular complexity index is 326. The average Bonchev–Trinajstić information content (AvgIpc) is 3.02. The van der Waals surface area contributed by atoms with Crippen molar-refractivity contribution in [1.82, 2.24) is 0 Å². The fourth-order valence-corrected chi connectivity index (χ4v) is 1.05. The summed E-state index contributed by atoms with van der Waals surface area (Å²) in [5.41, 5.74) is 0.511. The molecule has 1 aliphatic rings. The molecule has 0 aliphatic carbocycles. The van der Waals surface area contributed by atoms with Crippen molar-refractivity contribution in [3.8, 4) is 5.75 Å². The molecule has 0 aromatic heterocycles. The first-order valence-electron chi connectivity index (χ1n) is 4.26. The van der Waals surface area contributed by atoms with E-state index in [1.807, 2.05) is 0 Å². The minimum atomic E-state index is -0.348. The molecule has 1 unspecified atom stereocenters. The van der Waals surface area contributed by atoms with E-state index < -0.39 is 0 Å². The SMILES string of the molecule is COC(=O)c1ccc(OC2CO2)cc1. The molecular formula is C10H10O4. The summed E-state index contributed by atoms with van der Waals surface area (Å²) in [5, 5.41) is 0. The van der Waals surface area contributed by atoms with E-state index in [2.05, 4.69) is 4.74 Å². The minimum absolute atomic E-state index is 0.112. The van der Waals surface area contributed by atoms with Crippen LogP contribution in [0.4, 0.5) is 0 Å². The van der Waals surface area contributed by atoms with E-state index in [1.165, 1.54) is 7.11 Å². The van der Waals surface area contributed by atoms with Crippen LogP contribution < -0.4 is 4.74 Å². The number of ether oxygens (including phenoxy) is 3. The molecule has 1 saturated heterocycles. The number of hydrogen-bond acceptors (Lipinski definition) is 4. The lowest BCUT2D eigenvalue weighted by Gasteiger charge is -2.02. The number of hydrogen-bond donors (Lipinski definition) is 0. The molecule has 1 atom stereocenters. The number of methoxy groups -OCH3 is 1. The Hall–Kier alpha value is -1.55. The third-order valence-electron chi connectivity index (χ3n) is 1.85. The molecule has 0 bridgehead atoms. The second kappa shape index (κ2) is 3.67. The van der Waals surface area contributed by atoms with Crippen LogP contribution in [0.1, 0.15) is 10.4 Å². The number of carbonyl (C=O) groups excluding carboxylic acids is 1. The van der Waals surface area contributed by atoms with Gasteiger partial charge in [-0.05, 0) is 24.3 Å². The molecule has 1 aliphatic heterocycles. The molecule has 0 saturated carbocycles. The summed E-state index contributed by atoms with van der Waals surface area (Å²) >= 11 is 0. The van der Waals surface area contributed by atoms with Gasteiger partial charge in [0, 0.05) is 0 Å². The van der Waals surface area contributed by atoms with Gasteiger partial charge in [0.25, 0.3) is 0 Å². The van der Waals surface area contributed by atoms with Gasteiger partial charge in [0.1, 0.15) is 12.4 Å². The quantitative estimate of drug-likeness (QED) is 0.536. The predicted octanol–water partition coefficient (Wildman–Crippen LogP) is 1.21. The van der Waals surface area contributed by atoms with E-state index in [0.29, 0.717) is 17.9 Å². The Labute approximate surface area is 81.4 Å². The predicted molar refractivity (Wildman–Crippen MR) is 48.1 cm³/mol. The van der Waals surface area contributed by atoms with Gasteiger partial charge in [-0.1, -0.05) is 0 Å². The van der Waals surface area contributed by atoms with Crippen LogP contribution in [-0.2, 0) is 9.47 Å². The molecule has 0 amide bonds. The minimum Gasteiger partial charge on any atom is -0.465 e. The molecule has 1 heterocycles. The van der Waals surface area contributed by atoms with Crippen molar-refractivity contribution in [2.75, 3.05) is 13.7 Å². The largest absolute Gasteiger partial charge is 0.465 e. The third-order valence-corrected chi connectivity index (χ3v) is 1.85. The molecule has 0 N–H and O–H groups in total. The highest BCUT2D eigenvalue weighted by atomic mass is 16.8. The molecule has 4 nitrogen and oxygen atoms in total. The first-order valence-corrected chi connectivity index (χ1v) is 4.26. The maximum absolute atomic E-state index is 11.1. The number of esters is 1. The summed E-state index contributed by atoms with van der Waals surface area (Å²) in [7, 11) is 1.35. The van der Waals surface area contributed by atoms with Crippen LogP contribution in [0, 0.1) is 0 Å². The summed E-state index contributed by atoms with van der Waals surface area (Å²) in [4.78, 5) is 11.1. The molecule has 74 valence electrons. The topological polar surface area (TPSA) is 48.1 Å². The maximum atomic E-state index is 11.1. The van der Waals surface area contributed by atoms with Gasteiger partial charge in [-0.25, -0.2) is 4.79 Å². The molecule has 14 heavy (non-hydrogen) atoms. The fraction of sp³-hybridized carbons (Fsp3) is 0.300. The van der Waals surface area contributed by atoms with Gasteiger partial charge in [0.05, 0.1) is 12.7 Å². The Morgan fingerprint density at radius 1 is 1.43 bits per heavy atom. The van der Waals surface area contributed by atoms with E-state index in [9.17, 15) is 4.79 Å². The second-order valence-corrected chi connectivity index (χ2v) is 2.90. The molecular weight excluding hydrogens is 184 g/mol. The van der Waals surface area contributed by atoms with Crippen LogP contribution in [0.5, 0.6) is 5.75 Å². The highest BCUT2D eigenvalue weighted by Crippen LogP contribution is 2.19. The summed E-state index contributed by atoms with van der Waals surface area (Å²) in [6, 6.07) is 6.74. The van der Waals surface area contributed by atoms with Gasteiger partial charge < -0.3 is 14.2 Å². The Morgan fingerprint density at radius 2 is 2.07 bits per heavy atom. The number of carbonyl (C=O) groups is 1. The summed E-state index contributed by atoms with van der Waals surface area (Å²) in [5.74, 6) is 0.347. The van der Waals surface area contributed by atoms with Crippen molar-refractivity contribution in [3.05, 3.63) is 29.8 Å². The lowest BCUT2D eigenvalue weighted by atomic mass is 10.2. The van der Waals surface area contributed by atoms with E-state index in [1.54, 1.807) is 24.3 Å². The first-order chi connectivity index (χ1) is 6.79. The second-order valence-electron chi connectivity index (χ2n) is 2.90. The van der Waals surface area contributed by atoms with Crippen LogP contribution >= 0.6 is 0 Å². The zero-order chi connectivity index (χ0) is 9.97. The Morgan fingerprint density at radius 3 is 2.57 bits per heavy atom. The van der Waals surface area contributed by atoms with Crippen molar-refractivity contribution in [3.63, 3.8) is 0 Å². The van der Waals surface area contributed by atoms with E-state index in [-0.39, 0.29) is 12.3 Å². The smallest absolute Gasteiger partial charge is 0.337 e. The summed E-state index contributed by atoms with van der Waals surface area (Å²) in [6.45, 7) is 0.638. The standard InChI is InChI=1S/C10H10O4/c1-12-10(11)7-2-4-8(5-3-7)14-9-6-13-9/h2-5,9H,6H2,1H3. The summed E-state index contributed by atoms with van der Waals surface area (Å²) in [6.07, 6.45) is -0.112. The van der Waals surface area contributed by atoms with Gasteiger partial charge >= 0.3 is 5.97 Å². The van der Waals surface area contributed by atoms with Gasteiger partial charge in [-0.2, -0.15) is 0 Å². The van der Waals surface area contributed by atoms with E-state index in [0.717, 1.165) is 0 Å². The van der Waals surface area contributed by atoms with Crippen LogP contribution in [0.25, 0.3) is 0 Å². The highest BCUT2D eigenvalue weighted by molar-refractivity contribution is 5.89. The van der Waals surface area contributed by atoms with Gasteiger partial charge in [0.15, 0.2) is 0 Å². The third kappa shape index (κ3) is 2.03. The molecule has 0 spiro atoms. The molecule has 4 heteroatoms. The van der Waals surface area contributed by atoms with Crippen molar-refractivity contribution in [1.29, 1.82) is 0 Å². The average molecular weight is 194 g/mol. The molecule has 1 aromatic carbocycles. The van der Waals surface area contributed by atoms with Gasteiger partial charge in [-0.15, -0.1) is 0 Å². The molecule has 0 radical (unpaired) electrons. The van der Waals surface area contributed by atoms with Gasteiger partial charge in [-0.3, -0.25) is 0 Å². The Kier molecular flexibility index (Phi) is 2.37. The molecule has 1 fully saturated rings. The van der Waals surface area contributed by atoms with Crippen molar-refractivity contribution in [2.45, 2.75) is 6.29 Å². The van der Waals surface area contributed by atoms with Crippen LogP contribution in [0.15, 0.2) is 24.3 Å². The Balaban J connectivity index is 2.04. The first kappa shape index (κ1) is 9.02. The molecule has 1 aromatic rings. The van der Waals surface area contributed by atoms with Crippen LogP contribution in [-0.4, -0.2) is 26.0 Å². The van der Waals surface area contributed by atoms with Crippen molar-refractivity contribution in [2.24, 2.45) is 0 Å². The monoisotopic (exact) mass is 194 g/mol.